The monoisotopic (exact) mass is 240 g/mol. The predicted octanol–water partition coefficient (Wildman–Crippen LogP) is 4.65. The summed E-state index contributed by atoms with van der Waals surface area (Å²) in [7, 11) is 0. The summed E-state index contributed by atoms with van der Waals surface area (Å²) in [5.74, 6) is -0.764. The lowest BCUT2D eigenvalue weighted by atomic mass is 9.74. The van der Waals surface area contributed by atoms with Crippen LogP contribution < -0.4 is 0 Å². The van der Waals surface area contributed by atoms with Gasteiger partial charge in [-0.25, -0.2) is 4.79 Å². The van der Waals surface area contributed by atoms with Crippen LogP contribution in [-0.4, -0.2) is 11.1 Å². The number of rotatable bonds is 8. The highest BCUT2D eigenvalue weighted by Gasteiger charge is 2.29. The van der Waals surface area contributed by atoms with E-state index in [1.165, 1.54) is 25.7 Å². The number of carbonyl (C=O) groups is 1. The minimum absolute atomic E-state index is 0.0137. The molecule has 0 aromatic heterocycles. The zero-order chi connectivity index (χ0) is 13.5. The van der Waals surface area contributed by atoms with Crippen LogP contribution in [0.3, 0.4) is 0 Å². The van der Waals surface area contributed by atoms with Crippen LogP contribution in [0, 0.1) is 11.3 Å². The van der Waals surface area contributed by atoms with Crippen LogP contribution in [-0.2, 0) is 4.79 Å². The third kappa shape index (κ3) is 6.50. The molecule has 0 rings (SSSR count). The Morgan fingerprint density at radius 3 is 2.12 bits per heavy atom. The van der Waals surface area contributed by atoms with Crippen molar-refractivity contribution in [2.45, 2.75) is 66.2 Å². The zero-order valence-electron chi connectivity index (χ0n) is 11.9. The van der Waals surface area contributed by atoms with E-state index in [2.05, 4.69) is 34.3 Å². The summed E-state index contributed by atoms with van der Waals surface area (Å²) in [6.45, 7) is 12.2. The largest absolute Gasteiger partial charge is 0.478 e. The molecule has 1 atom stereocenters. The predicted molar refractivity (Wildman–Crippen MR) is 73.1 cm³/mol. The summed E-state index contributed by atoms with van der Waals surface area (Å²) in [6, 6.07) is 0. The molecule has 0 aliphatic heterocycles. The van der Waals surface area contributed by atoms with Crippen LogP contribution in [0.2, 0.25) is 0 Å². The first-order chi connectivity index (χ1) is 7.80. The maximum absolute atomic E-state index is 11.0. The molecule has 0 aliphatic rings. The van der Waals surface area contributed by atoms with Gasteiger partial charge in [0.25, 0.3) is 0 Å². The molecule has 0 aromatic carbocycles. The molecular formula is C15H28O2. The first-order valence-electron chi connectivity index (χ1n) is 6.72. The number of carboxylic acids is 1. The average molecular weight is 240 g/mol. The highest BCUT2D eigenvalue weighted by molar-refractivity contribution is 5.86. The van der Waals surface area contributed by atoms with E-state index < -0.39 is 5.97 Å². The molecule has 0 aliphatic carbocycles. The van der Waals surface area contributed by atoms with Crippen molar-refractivity contribution in [2.75, 3.05) is 0 Å². The lowest BCUT2D eigenvalue weighted by molar-refractivity contribution is -0.133. The Kier molecular flexibility index (Phi) is 7.17. The van der Waals surface area contributed by atoms with Crippen LogP contribution in [0.25, 0.3) is 0 Å². The van der Waals surface area contributed by atoms with E-state index >= 15 is 0 Å². The molecule has 2 nitrogen and oxygen atoms in total. The van der Waals surface area contributed by atoms with E-state index in [4.69, 9.17) is 5.11 Å². The van der Waals surface area contributed by atoms with Gasteiger partial charge >= 0.3 is 5.97 Å². The average Bonchev–Trinajstić information content (AvgIpc) is 2.20. The van der Waals surface area contributed by atoms with Gasteiger partial charge in [0, 0.05) is 5.57 Å². The Bertz CT molecular complexity index is 248. The number of carboxylic acid groups (broad SMARTS) is 1. The maximum atomic E-state index is 11.0. The summed E-state index contributed by atoms with van der Waals surface area (Å²) < 4.78 is 0. The molecule has 1 N–H and O–H groups in total. The van der Waals surface area contributed by atoms with Gasteiger partial charge in [0.15, 0.2) is 0 Å². The molecule has 17 heavy (non-hydrogen) atoms. The minimum atomic E-state index is -0.849. The van der Waals surface area contributed by atoms with Gasteiger partial charge < -0.3 is 5.11 Å². The highest BCUT2D eigenvalue weighted by atomic mass is 16.4. The second-order valence-electron chi connectivity index (χ2n) is 5.95. The maximum Gasteiger partial charge on any atom is 0.331 e. The Labute approximate surface area is 106 Å². The normalized spacial score (nSPS) is 13.4. The third-order valence-corrected chi connectivity index (χ3v) is 3.34. The van der Waals surface area contributed by atoms with Crippen molar-refractivity contribution >= 4 is 5.97 Å². The van der Waals surface area contributed by atoms with Crippen molar-refractivity contribution in [3.05, 3.63) is 12.2 Å². The van der Waals surface area contributed by atoms with Crippen molar-refractivity contribution < 1.29 is 9.90 Å². The van der Waals surface area contributed by atoms with Gasteiger partial charge in [-0.3, -0.25) is 0 Å². The zero-order valence-corrected chi connectivity index (χ0v) is 11.9. The lowest BCUT2D eigenvalue weighted by Crippen LogP contribution is -2.25. The fourth-order valence-corrected chi connectivity index (χ4v) is 2.23. The standard InChI is InChI=1S/C15H28O2/c1-6-7-8-9-10-11-13(15(3,4)5)12(2)14(16)17/h13H,2,6-11H2,1,3-5H3,(H,16,17). The fraction of sp³-hybridized carbons (Fsp3) is 0.800. The molecule has 0 heterocycles. The van der Waals surface area contributed by atoms with E-state index in [0.29, 0.717) is 5.57 Å². The second-order valence-corrected chi connectivity index (χ2v) is 5.95. The van der Waals surface area contributed by atoms with E-state index in [9.17, 15) is 4.79 Å². The van der Waals surface area contributed by atoms with Gasteiger partial charge in [-0.15, -0.1) is 0 Å². The lowest BCUT2D eigenvalue weighted by Gasteiger charge is -2.31. The molecule has 1 unspecified atom stereocenters. The summed E-state index contributed by atoms with van der Waals surface area (Å²) in [5.41, 5.74) is 0.355. The molecule has 0 bridgehead atoms. The molecule has 100 valence electrons. The van der Waals surface area contributed by atoms with Crippen LogP contribution in [0.5, 0.6) is 0 Å². The van der Waals surface area contributed by atoms with Crippen LogP contribution in [0.4, 0.5) is 0 Å². The van der Waals surface area contributed by atoms with E-state index in [-0.39, 0.29) is 11.3 Å². The Morgan fingerprint density at radius 1 is 1.18 bits per heavy atom. The summed E-state index contributed by atoms with van der Waals surface area (Å²) in [6.07, 6.45) is 7.03. The van der Waals surface area contributed by atoms with Gasteiger partial charge in [-0.1, -0.05) is 66.4 Å². The molecular weight excluding hydrogens is 212 g/mol. The SMILES string of the molecule is C=C(C(=O)O)C(CCCCCCC)C(C)(C)C. The van der Waals surface area contributed by atoms with Crippen molar-refractivity contribution in [2.24, 2.45) is 11.3 Å². The molecule has 0 fully saturated rings. The Morgan fingerprint density at radius 2 is 1.71 bits per heavy atom. The molecule has 0 amide bonds. The molecule has 0 aromatic rings. The summed E-state index contributed by atoms with van der Waals surface area (Å²) in [5, 5.41) is 9.06. The van der Waals surface area contributed by atoms with Gasteiger partial charge in [-0.2, -0.15) is 0 Å². The van der Waals surface area contributed by atoms with E-state index in [1.807, 2.05) is 0 Å². The van der Waals surface area contributed by atoms with Crippen molar-refractivity contribution in [1.29, 1.82) is 0 Å². The van der Waals surface area contributed by atoms with Crippen molar-refractivity contribution in [3.8, 4) is 0 Å². The van der Waals surface area contributed by atoms with Gasteiger partial charge in [0.1, 0.15) is 0 Å². The fourth-order valence-electron chi connectivity index (χ4n) is 2.23. The Hall–Kier alpha value is -0.790. The second kappa shape index (κ2) is 7.52. The number of unbranched alkanes of at least 4 members (excludes halogenated alkanes) is 4. The highest BCUT2D eigenvalue weighted by Crippen LogP contribution is 2.35. The van der Waals surface area contributed by atoms with Crippen molar-refractivity contribution in [1.82, 2.24) is 0 Å². The first kappa shape index (κ1) is 16.2. The number of aliphatic carboxylic acids is 1. The number of hydrogen-bond acceptors (Lipinski definition) is 1. The van der Waals surface area contributed by atoms with Gasteiger partial charge in [0.2, 0.25) is 0 Å². The summed E-state index contributed by atoms with van der Waals surface area (Å²) >= 11 is 0. The minimum Gasteiger partial charge on any atom is -0.478 e. The van der Waals surface area contributed by atoms with Gasteiger partial charge in [-0.05, 0) is 17.8 Å². The molecule has 2 heteroatoms. The third-order valence-electron chi connectivity index (χ3n) is 3.34. The molecule has 0 spiro atoms. The van der Waals surface area contributed by atoms with Crippen LogP contribution in [0.1, 0.15) is 66.2 Å². The van der Waals surface area contributed by atoms with Crippen LogP contribution in [0.15, 0.2) is 12.2 Å². The van der Waals surface area contributed by atoms with Gasteiger partial charge in [0.05, 0.1) is 0 Å². The van der Waals surface area contributed by atoms with E-state index in [1.54, 1.807) is 0 Å². The van der Waals surface area contributed by atoms with E-state index in [0.717, 1.165) is 12.8 Å². The van der Waals surface area contributed by atoms with Crippen LogP contribution >= 0.6 is 0 Å². The molecule has 0 radical (unpaired) electrons. The topological polar surface area (TPSA) is 37.3 Å². The molecule has 0 saturated heterocycles. The summed E-state index contributed by atoms with van der Waals surface area (Å²) in [4.78, 5) is 11.0. The Balaban J connectivity index is 4.23. The first-order valence-corrected chi connectivity index (χ1v) is 6.72. The quantitative estimate of drug-likeness (QED) is 0.495. The smallest absolute Gasteiger partial charge is 0.331 e. The van der Waals surface area contributed by atoms with Crippen molar-refractivity contribution in [3.63, 3.8) is 0 Å². The number of hydrogen-bond donors (Lipinski definition) is 1. The molecule has 0 saturated carbocycles.